The van der Waals surface area contributed by atoms with Crippen LogP contribution in [-0.4, -0.2) is 30.6 Å². The summed E-state index contributed by atoms with van der Waals surface area (Å²) in [6.45, 7) is 13.6. The van der Waals surface area contributed by atoms with Gasteiger partial charge in [0, 0.05) is 30.7 Å². The molecule has 0 spiro atoms. The molecule has 0 aliphatic heterocycles. The average molecular weight is 238 g/mol. The summed E-state index contributed by atoms with van der Waals surface area (Å²) in [5.41, 5.74) is 1.49. The van der Waals surface area contributed by atoms with E-state index in [2.05, 4.69) is 44.1 Å². The van der Waals surface area contributed by atoms with Crippen molar-refractivity contribution in [2.45, 2.75) is 46.7 Å². The third-order valence-corrected chi connectivity index (χ3v) is 2.73. The number of aryl methyl sites for hydroxylation is 2. The normalized spacial score (nSPS) is 12.4. The Morgan fingerprint density at radius 2 is 1.94 bits per heavy atom. The minimum Gasteiger partial charge on any atom is -0.466 e. The van der Waals surface area contributed by atoms with Crippen molar-refractivity contribution in [3.8, 4) is 0 Å². The summed E-state index contributed by atoms with van der Waals surface area (Å²) in [5.74, 6) is 2.04. The lowest BCUT2D eigenvalue weighted by Gasteiger charge is -2.23. The first-order chi connectivity index (χ1) is 7.78. The highest BCUT2D eigenvalue weighted by atomic mass is 16.3. The fraction of sp³-hybridized carbons (Fsp3) is 0.714. The highest BCUT2D eigenvalue weighted by Gasteiger charge is 2.10. The second-order valence-corrected chi connectivity index (χ2v) is 5.85. The van der Waals surface area contributed by atoms with Gasteiger partial charge in [0.25, 0.3) is 0 Å². The monoisotopic (exact) mass is 238 g/mol. The predicted molar refractivity (Wildman–Crippen MR) is 72.3 cm³/mol. The van der Waals surface area contributed by atoms with Crippen molar-refractivity contribution in [1.29, 1.82) is 0 Å². The lowest BCUT2D eigenvalue weighted by Crippen LogP contribution is -2.40. The van der Waals surface area contributed by atoms with Crippen LogP contribution in [0.2, 0.25) is 0 Å². The summed E-state index contributed by atoms with van der Waals surface area (Å²) < 4.78 is 5.53. The Kier molecular flexibility index (Phi) is 4.78. The van der Waals surface area contributed by atoms with Crippen LogP contribution in [0.25, 0.3) is 0 Å². The lowest BCUT2D eigenvalue weighted by atomic mass is 10.1. The molecule has 0 unspecified atom stereocenters. The second kappa shape index (κ2) is 5.69. The van der Waals surface area contributed by atoms with Crippen LogP contribution in [0.4, 0.5) is 0 Å². The molecule has 1 N–H and O–H groups in total. The van der Waals surface area contributed by atoms with Crippen LogP contribution in [0.15, 0.2) is 10.5 Å². The zero-order chi connectivity index (χ0) is 13.1. The van der Waals surface area contributed by atoms with Crippen LogP contribution in [-0.2, 0) is 6.54 Å². The van der Waals surface area contributed by atoms with Crippen molar-refractivity contribution in [2.24, 2.45) is 0 Å². The summed E-state index contributed by atoms with van der Waals surface area (Å²) in [7, 11) is 2.14. The molecule has 0 radical (unpaired) electrons. The first kappa shape index (κ1) is 14.3. The fourth-order valence-electron chi connectivity index (χ4n) is 1.83. The topological polar surface area (TPSA) is 28.4 Å². The van der Waals surface area contributed by atoms with Gasteiger partial charge in [0.1, 0.15) is 11.5 Å². The van der Waals surface area contributed by atoms with Crippen molar-refractivity contribution >= 4 is 0 Å². The smallest absolute Gasteiger partial charge is 0.105 e. The highest BCUT2D eigenvalue weighted by Crippen LogP contribution is 2.15. The highest BCUT2D eigenvalue weighted by molar-refractivity contribution is 5.19. The van der Waals surface area contributed by atoms with Crippen molar-refractivity contribution in [1.82, 2.24) is 10.2 Å². The molecule has 0 saturated heterocycles. The van der Waals surface area contributed by atoms with Gasteiger partial charge in [0.05, 0.1) is 0 Å². The van der Waals surface area contributed by atoms with E-state index in [1.165, 1.54) is 5.56 Å². The summed E-state index contributed by atoms with van der Waals surface area (Å²) in [5, 5.41) is 3.49. The van der Waals surface area contributed by atoms with Crippen molar-refractivity contribution in [3.05, 3.63) is 23.2 Å². The van der Waals surface area contributed by atoms with Crippen molar-refractivity contribution in [2.75, 3.05) is 20.1 Å². The van der Waals surface area contributed by atoms with E-state index >= 15 is 0 Å². The molecule has 0 aromatic carbocycles. The van der Waals surface area contributed by atoms with Crippen LogP contribution in [0.5, 0.6) is 0 Å². The molecular weight excluding hydrogens is 212 g/mol. The first-order valence-electron chi connectivity index (χ1n) is 6.27. The standard InChI is InChI=1S/C14H26N2O/c1-11-9-13(12(2)17-11)10-16(6)8-7-15-14(3,4)5/h9,15H,7-8,10H2,1-6H3. The molecule has 3 nitrogen and oxygen atoms in total. The number of nitrogens with one attached hydrogen (secondary N) is 1. The second-order valence-electron chi connectivity index (χ2n) is 5.85. The van der Waals surface area contributed by atoms with E-state index in [-0.39, 0.29) is 5.54 Å². The molecule has 3 heteroatoms. The number of nitrogens with zero attached hydrogens (tertiary/aromatic N) is 1. The molecule has 17 heavy (non-hydrogen) atoms. The SMILES string of the molecule is Cc1cc(CN(C)CCNC(C)(C)C)c(C)o1. The molecule has 0 amide bonds. The predicted octanol–water partition coefficient (Wildman–Crippen LogP) is 2.72. The largest absolute Gasteiger partial charge is 0.466 e. The van der Waals surface area contributed by atoms with Crippen LogP contribution in [0.1, 0.15) is 37.9 Å². The molecular formula is C14H26N2O. The fourth-order valence-corrected chi connectivity index (χ4v) is 1.83. The summed E-state index contributed by atoms with van der Waals surface area (Å²) >= 11 is 0. The quantitative estimate of drug-likeness (QED) is 0.855. The maximum atomic E-state index is 5.53. The maximum absolute atomic E-state index is 5.53. The molecule has 0 bridgehead atoms. The number of likely N-dealkylation sites (N-methyl/N-ethyl adjacent to an activating group) is 1. The van der Waals surface area contributed by atoms with Crippen LogP contribution < -0.4 is 5.32 Å². The van der Waals surface area contributed by atoms with Crippen LogP contribution in [0.3, 0.4) is 0 Å². The molecule has 98 valence electrons. The summed E-state index contributed by atoms with van der Waals surface area (Å²) in [4.78, 5) is 2.32. The van der Waals surface area contributed by atoms with Crippen LogP contribution >= 0.6 is 0 Å². The third-order valence-electron chi connectivity index (χ3n) is 2.73. The number of rotatable bonds is 5. The number of furan rings is 1. The third kappa shape index (κ3) is 5.37. The van der Waals surface area contributed by atoms with Gasteiger partial charge in [-0.1, -0.05) is 0 Å². The minimum absolute atomic E-state index is 0.197. The Balaban J connectivity index is 2.35. The molecule has 0 aliphatic carbocycles. The number of hydrogen-bond acceptors (Lipinski definition) is 3. The molecule has 0 fully saturated rings. The van der Waals surface area contributed by atoms with Crippen molar-refractivity contribution < 1.29 is 4.42 Å². The molecule has 0 atom stereocenters. The lowest BCUT2D eigenvalue weighted by molar-refractivity contribution is 0.301. The van der Waals surface area contributed by atoms with E-state index < -0.39 is 0 Å². The minimum atomic E-state index is 0.197. The van der Waals surface area contributed by atoms with Gasteiger partial charge in [0.2, 0.25) is 0 Å². The number of hydrogen-bond donors (Lipinski definition) is 1. The van der Waals surface area contributed by atoms with E-state index in [0.717, 1.165) is 31.2 Å². The van der Waals surface area contributed by atoms with Gasteiger partial charge in [-0.3, -0.25) is 0 Å². The molecule has 1 aromatic heterocycles. The van der Waals surface area contributed by atoms with E-state index in [0.29, 0.717) is 0 Å². The molecule has 1 rings (SSSR count). The average Bonchev–Trinajstić information content (AvgIpc) is 2.42. The first-order valence-corrected chi connectivity index (χ1v) is 6.27. The van der Waals surface area contributed by atoms with Gasteiger partial charge in [-0.25, -0.2) is 0 Å². The van der Waals surface area contributed by atoms with Gasteiger partial charge >= 0.3 is 0 Å². The maximum Gasteiger partial charge on any atom is 0.105 e. The van der Waals surface area contributed by atoms with Gasteiger partial charge in [0.15, 0.2) is 0 Å². The summed E-state index contributed by atoms with van der Waals surface area (Å²) in [6.07, 6.45) is 0. The van der Waals surface area contributed by atoms with E-state index in [9.17, 15) is 0 Å². The van der Waals surface area contributed by atoms with E-state index in [4.69, 9.17) is 4.42 Å². The molecule has 1 heterocycles. The zero-order valence-corrected chi connectivity index (χ0v) is 12.1. The Hall–Kier alpha value is -0.800. The Morgan fingerprint density at radius 3 is 2.41 bits per heavy atom. The molecule has 0 aliphatic rings. The Labute approximate surface area is 105 Å². The van der Waals surface area contributed by atoms with Gasteiger partial charge in [-0.15, -0.1) is 0 Å². The van der Waals surface area contributed by atoms with E-state index in [1.54, 1.807) is 0 Å². The van der Waals surface area contributed by atoms with Crippen molar-refractivity contribution in [3.63, 3.8) is 0 Å². The molecule has 1 aromatic rings. The van der Waals surface area contributed by atoms with Gasteiger partial charge < -0.3 is 14.6 Å². The zero-order valence-electron chi connectivity index (χ0n) is 12.1. The van der Waals surface area contributed by atoms with Gasteiger partial charge in [-0.05, 0) is 47.7 Å². The summed E-state index contributed by atoms with van der Waals surface area (Å²) in [6, 6.07) is 2.13. The molecule has 0 saturated carbocycles. The Morgan fingerprint density at radius 1 is 1.29 bits per heavy atom. The van der Waals surface area contributed by atoms with Crippen LogP contribution in [0, 0.1) is 13.8 Å². The van der Waals surface area contributed by atoms with E-state index in [1.807, 2.05) is 13.8 Å². The van der Waals surface area contributed by atoms with Gasteiger partial charge in [-0.2, -0.15) is 0 Å². The Bertz CT molecular complexity index is 350.